The largest absolute Gasteiger partial charge is 0.396 e. The van der Waals surface area contributed by atoms with Crippen molar-refractivity contribution < 1.29 is 10.2 Å². The molecule has 3 rings (SSSR count). The average Bonchev–Trinajstić information content (AvgIpc) is 2.93. The highest BCUT2D eigenvalue weighted by atomic mass is 32.1. The van der Waals surface area contributed by atoms with E-state index in [2.05, 4.69) is 18.8 Å². The van der Waals surface area contributed by atoms with Gasteiger partial charge in [-0.1, -0.05) is 0 Å². The van der Waals surface area contributed by atoms with Crippen LogP contribution in [0.4, 0.5) is 5.82 Å². The Labute approximate surface area is 150 Å². The zero-order valence-corrected chi connectivity index (χ0v) is 15.4. The van der Waals surface area contributed by atoms with Crippen molar-refractivity contribution in [2.24, 2.45) is 5.92 Å². The van der Waals surface area contributed by atoms with Crippen LogP contribution in [-0.4, -0.2) is 52.0 Å². The minimum Gasteiger partial charge on any atom is -0.396 e. The first-order valence-electron chi connectivity index (χ1n) is 8.16. The van der Waals surface area contributed by atoms with Crippen LogP contribution >= 0.6 is 11.3 Å². The Morgan fingerprint density at radius 3 is 2.60 bits per heavy atom. The molecule has 7 heteroatoms. The molecule has 0 radical (unpaired) electrons. The van der Waals surface area contributed by atoms with Gasteiger partial charge in [-0.3, -0.25) is 4.98 Å². The number of nitrogens with zero attached hydrogens (tertiary/aromatic N) is 4. The molecule has 132 valence electrons. The van der Waals surface area contributed by atoms with Crippen LogP contribution in [0.1, 0.15) is 10.4 Å². The predicted octanol–water partition coefficient (Wildman–Crippen LogP) is 2.41. The number of fused-ring (bicyclic) bond motifs is 1. The molecule has 3 aromatic rings. The van der Waals surface area contributed by atoms with Crippen LogP contribution in [0, 0.1) is 19.8 Å². The van der Waals surface area contributed by atoms with Gasteiger partial charge >= 0.3 is 0 Å². The van der Waals surface area contributed by atoms with Gasteiger partial charge in [-0.15, -0.1) is 11.3 Å². The molecule has 0 unspecified atom stereocenters. The smallest absolute Gasteiger partial charge is 0.164 e. The van der Waals surface area contributed by atoms with Crippen molar-refractivity contribution in [2.45, 2.75) is 13.8 Å². The molecule has 3 heterocycles. The molecule has 0 saturated heterocycles. The van der Waals surface area contributed by atoms with Crippen LogP contribution in [0.2, 0.25) is 0 Å². The quantitative estimate of drug-likeness (QED) is 0.704. The Hall–Kier alpha value is -2.09. The molecule has 0 amide bonds. The van der Waals surface area contributed by atoms with Gasteiger partial charge in [-0.2, -0.15) is 0 Å². The lowest BCUT2D eigenvalue weighted by Gasteiger charge is -2.24. The second kappa shape index (κ2) is 7.43. The minimum absolute atomic E-state index is 0.0633. The molecule has 0 aliphatic heterocycles. The molecular formula is C18H22N4O2S. The molecular weight excluding hydrogens is 336 g/mol. The van der Waals surface area contributed by atoms with Crippen molar-refractivity contribution in [3.63, 3.8) is 0 Å². The number of pyridine rings is 1. The summed E-state index contributed by atoms with van der Waals surface area (Å²) in [5.41, 5.74) is 2.03. The molecule has 0 aromatic carbocycles. The zero-order chi connectivity index (χ0) is 18.0. The fourth-order valence-corrected chi connectivity index (χ4v) is 3.80. The van der Waals surface area contributed by atoms with Gasteiger partial charge in [0.1, 0.15) is 10.6 Å². The average molecular weight is 358 g/mol. The third-order valence-corrected chi connectivity index (χ3v) is 5.44. The fraction of sp³-hybridized carbons (Fsp3) is 0.389. The van der Waals surface area contributed by atoms with Gasteiger partial charge in [-0.25, -0.2) is 9.97 Å². The molecule has 2 N–H and O–H groups in total. The highest BCUT2D eigenvalue weighted by Crippen LogP contribution is 2.36. The van der Waals surface area contributed by atoms with Gasteiger partial charge < -0.3 is 15.1 Å². The van der Waals surface area contributed by atoms with Crippen molar-refractivity contribution in [2.75, 3.05) is 31.7 Å². The number of thiophene rings is 1. The van der Waals surface area contributed by atoms with Gasteiger partial charge in [0.15, 0.2) is 5.82 Å². The third kappa shape index (κ3) is 3.49. The third-order valence-electron chi connectivity index (χ3n) is 4.34. The number of aliphatic hydroxyl groups excluding tert-OH is 2. The topological polar surface area (TPSA) is 82.4 Å². The number of hydrogen-bond donors (Lipinski definition) is 2. The molecule has 0 fully saturated rings. The lowest BCUT2D eigenvalue weighted by Crippen LogP contribution is -2.30. The van der Waals surface area contributed by atoms with Crippen LogP contribution in [-0.2, 0) is 0 Å². The summed E-state index contributed by atoms with van der Waals surface area (Å²) in [6.45, 7) is 4.55. The first kappa shape index (κ1) is 17.7. The van der Waals surface area contributed by atoms with E-state index in [9.17, 15) is 10.2 Å². The summed E-state index contributed by atoms with van der Waals surface area (Å²) in [6, 6.07) is 3.81. The molecule has 0 spiro atoms. The van der Waals surface area contributed by atoms with E-state index >= 15 is 0 Å². The molecule has 6 nitrogen and oxygen atoms in total. The lowest BCUT2D eigenvalue weighted by molar-refractivity contribution is 0.154. The highest BCUT2D eigenvalue weighted by molar-refractivity contribution is 7.18. The first-order valence-corrected chi connectivity index (χ1v) is 8.97. The van der Waals surface area contributed by atoms with E-state index in [0.717, 1.165) is 21.6 Å². The van der Waals surface area contributed by atoms with E-state index in [1.807, 2.05) is 24.1 Å². The minimum atomic E-state index is -0.211. The van der Waals surface area contributed by atoms with Crippen LogP contribution in [0.15, 0.2) is 24.5 Å². The number of rotatable bonds is 6. The number of hydrogen-bond acceptors (Lipinski definition) is 7. The van der Waals surface area contributed by atoms with Gasteiger partial charge in [0.2, 0.25) is 0 Å². The van der Waals surface area contributed by atoms with E-state index in [1.54, 1.807) is 23.7 Å². The van der Waals surface area contributed by atoms with Crippen LogP contribution in [0.5, 0.6) is 0 Å². The predicted molar refractivity (Wildman–Crippen MR) is 101 cm³/mol. The lowest BCUT2D eigenvalue weighted by atomic mass is 10.1. The molecule has 0 aliphatic carbocycles. The van der Waals surface area contributed by atoms with Crippen molar-refractivity contribution >= 4 is 27.4 Å². The van der Waals surface area contributed by atoms with Gasteiger partial charge in [-0.05, 0) is 31.5 Å². The SMILES string of the molecule is Cc1sc2nc(-c3cccnc3)nc(N(C)CC(CO)CO)c2c1C. The first-order chi connectivity index (χ1) is 12.0. The summed E-state index contributed by atoms with van der Waals surface area (Å²) < 4.78 is 0. The Bertz CT molecular complexity index is 862. The Morgan fingerprint density at radius 2 is 1.96 bits per heavy atom. The van der Waals surface area contributed by atoms with Gasteiger partial charge in [0.05, 0.1) is 5.39 Å². The summed E-state index contributed by atoms with van der Waals surface area (Å²) in [4.78, 5) is 17.8. The Morgan fingerprint density at radius 1 is 1.20 bits per heavy atom. The second-order valence-corrected chi connectivity index (χ2v) is 7.39. The van der Waals surface area contributed by atoms with E-state index in [4.69, 9.17) is 9.97 Å². The van der Waals surface area contributed by atoms with Crippen molar-refractivity contribution in [3.8, 4) is 11.4 Å². The maximum atomic E-state index is 9.40. The number of aryl methyl sites for hydroxylation is 2. The maximum absolute atomic E-state index is 9.40. The second-order valence-electron chi connectivity index (χ2n) is 6.19. The van der Waals surface area contributed by atoms with E-state index in [-0.39, 0.29) is 19.1 Å². The monoisotopic (exact) mass is 358 g/mol. The van der Waals surface area contributed by atoms with Gasteiger partial charge in [0.25, 0.3) is 0 Å². The van der Waals surface area contributed by atoms with Crippen molar-refractivity contribution in [1.82, 2.24) is 15.0 Å². The summed E-state index contributed by atoms with van der Waals surface area (Å²) >= 11 is 1.65. The number of anilines is 1. The number of aliphatic hydroxyl groups is 2. The van der Waals surface area contributed by atoms with Crippen molar-refractivity contribution in [1.29, 1.82) is 0 Å². The summed E-state index contributed by atoms with van der Waals surface area (Å²) in [5.74, 6) is 1.24. The Balaban J connectivity index is 2.14. The molecule has 25 heavy (non-hydrogen) atoms. The molecule has 3 aromatic heterocycles. The van der Waals surface area contributed by atoms with Crippen LogP contribution in [0.25, 0.3) is 21.6 Å². The van der Waals surface area contributed by atoms with Gasteiger partial charge in [0, 0.05) is 55.6 Å². The summed E-state index contributed by atoms with van der Waals surface area (Å²) in [7, 11) is 1.93. The molecule has 0 aliphatic rings. The zero-order valence-electron chi connectivity index (χ0n) is 14.6. The van der Waals surface area contributed by atoms with E-state index < -0.39 is 0 Å². The highest BCUT2D eigenvalue weighted by Gasteiger charge is 2.20. The van der Waals surface area contributed by atoms with Crippen LogP contribution < -0.4 is 4.90 Å². The molecule has 0 bridgehead atoms. The van der Waals surface area contributed by atoms with E-state index in [1.165, 1.54) is 10.4 Å². The Kier molecular flexibility index (Phi) is 5.27. The van der Waals surface area contributed by atoms with E-state index in [0.29, 0.717) is 12.4 Å². The maximum Gasteiger partial charge on any atom is 0.164 e. The summed E-state index contributed by atoms with van der Waals surface area (Å²) in [6.07, 6.45) is 3.48. The van der Waals surface area contributed by atoms with Crippen molar-refractivity contribution in [3.05, 3.63) is 35.0 Å². The molecule has 0 saturated carbocycles. The summed E-state index contributed by atoms with van der Waals surface area (Å²) in [5, 5.41) is 19.8. The standard InChI is InChI=1S/C18H22N4O2S/c1-11-12(2)25-18-15(11)17(22(3)8-13(9-23)10-24)20-16(21-18)14-5-4-6-19-7-14/h4-7,13,23-24H,8-10H2,1-3H3. The molecule has 0 atom stereocenters. The normalized spacial score (nSPS) is 11.4. The number of aromatic nitrogens is 3. The van der Waals surface area contributed by atoms with Crippen LogP contribution in [0.3, 0.4) is 0 Å². The fourth-order valence-electron chi connectivity index (χ4n) is 2.78.